The van der Waals surface area contributed by atoms with Gasteiger partial charge in [0.15, 0.2) is 0 Å². The van der Waals surface area contributed by atoms with Crippen LogP contribution in [-0.2, 0) is 9.47 Å². The Morgan fingerprint density at radius 2 is 2.00 bits per heavy atom. The predicted octanol–water partition coefficient (Wildman–Crippen LogP) is 2.19. The summed E-state index contributed by atoms with van der Waals surface area (Å²) in [5, 5.41) is 1.10. The average Bonchev–Trinajstić information content (AvgIpc) is 3.17. The number of aromatic nitrogens is 2. The third kappa shape index (κ3) is 2.34. The van der Waals surface area contributed by atoms with Crippen LogP contribution in [0.2, 0.25) is 0 Å². The van der Waals surface area contributed by atoms with Gasteiger partial charge in [0.25, 0.3) is 0 Å². The van der Waals surface area contributed by atoms with Crippen molar-refractivity contribution in [2.24, 2.45) is 0 Å². The lowest BCUT2D eigenvalue weighted by Crippen LogP contribution is -2.48. The molecule has 2 saturated heterocycles. The van der Waals surface area contributed by atoms with Crippen LogP contribution >= 0.6 is 11.5 Å². The largest absolute Gasteiger partial charge is 0.381 e. The maximum absolute atomic E-state index is 5.87. The number of fused-ring (bicyclic) bond motifs is 1. The second-order valence-corrected chi connectivity index (χ2v) is 6.65. The lowest BCUT2D eigenvalue weighted by Gasteiger charge is -2.37. The molecule has 2 aliphatic heterocycles. The first kappa shape index (κ1) is 13.0. The minimum absolute atomic E-state index is 0.416. The van der Waals surface area contributed by atoms with Crippen molar-refractivity contribution in [3.8, 4) is 0 Å². The van der Waals surface area contributed by atoms with Crippen molar-refractivity contribution < 1.29 is 9.47 Å². The second-order valence-electron chi connectivity index (χ2n) is 5.92. The second kappa shape index (κ2) is 5.58. The van der Waals surface area contributed by atoms with Gasteiger partial charge in [-0.3, -0.25) is 0 Å². The number of rotatable bonds is 2. The molecule has 0 aromatic carbocycles. The number of morpholine rings is 1. The average molecular weight is 295 g/mol. The summed E-state index contributed by atoms with van der Waals surface area (Å²) in [5.41, 5.74) is 0. The van der Waals surface area contributed by atoms with E-state index in [1.165, 1.54) is 19.3 Å². The van der Waals surface area contributed by atoms with Crippen LogP contribution in [0, 0.1) is 0 Å². The standard InChI is InChI=1S/C14H21N3O2S/c1-2-11-12(3-1)19-9-6-17(11)14-15-13(16-20-14)10-4-7-18-8-5-10/h10-12H,1-9H2/t11-,12+/m1/s1. The van der Waals surface area contributed by atoms with Crippen molar-refractivity contribution in [1.82, 2.24) is 9.36 Å². The van der Waals surface area contributed by atoms with Crippen LogP contribution in [0.3, 0.4) is 0 Å². The first-order chi connectivity index (χ1) is 9.92. The maximum Gasteiger partial charge on any atom is 0.205 e. The van der Waals surface area contributed by atoms with Crippen LogP contribution in [0.1, 0.15) is 43.8 Å². The van der Waals surface area contributed by atoms with Gasteiger partial charge in [-0.2, -0.15) is 4.37 Å². The molecule has 6 heteroatoms. The smallest absolute Gasteiger partial charge is 0.205 e. The molecule has 5 nitrogen and oxygen atoms in total. The van der Waals surface area contributed by atoms with Gasteiger partial charge in [0, 0.05) is 37.2 Å². The summed E-state index contributed by atoms with van der Waals surface area (Å²) in [6, 6.07) is 0.527. The Balaban J connectivity index is 1.51. The molecule has 110 valence electrons. The number of anilines is 1. The molecule has 2 atom stereocenters. The van der Waals surface area contributed by atoms with Crippen LogP contribution < -0.4 is 4.90 Å². The van der Waals surface area contributed by atoms with Gasteiger partial charge in [-0.1, -0.05) is 0 Å². The minimum Gasteiger partial charge on any atom is -0.381 e. The van der Waals surface area contributed by atoms with E-state index in [9.17, 15) is 0 Å². The predicted molar refractivity (Wildman–Crippen MR) is 77.4 cm³/mol. The number of nitrogens with zero attached hydrogens (tertiary/aromatic N) is 3. The van der Waals surface area contributed by atoms with Crippen molar-refractivity contribution in [3.63, 3.8) is 0 Å². The summed E-state index contributed by atoms with van der Waals surface area (Å²) >= 11 is 1.57. The molecule has 3 aliphatic rings. The summed E-state index contributed by atoms with van der Waals surface area (Å²) in [5.74, 6) is 1.53. The first-order valence-electron chi connectivity index (χ1n) is 7.71. The first-order valence-corrected chi connectivity index (χ1v) is 8.49. The monoisotopic (exact) mass is 295 g/mol. The van der Waals surface area contributed by atoms with E-state index in [0.29, 0.717) is 18.1 Å². The van der Waals surface area contributed by atoms with Gasteiger partial charge in [-0.15, -0.1) is 0 Å². The van der Waals surface area contributed by atoms with Crippen LogP contribution in [0.5, 0.6) is 0 Å². The fourth-order valence-electron chi connectivity index (χ4n) is 3.63. The fourth-order valence-corrected chi connectivity index (χ4v) is 4.46. The minimum atomic E-state index is 0.416. The molecule has 0 N–H and O–H groups in total. The van der Waals surface area contributed by atoms with E-state index in [4.69, 9.17) is 14.5 Å². The highest BCUT2D eigenvalue weighted by Gasteiger charge is 2.37. The van der Waals surface area contributed by atoms with E-state index in [0.717, 1.165) is 50.2 Å². The Bertz CT molecular complexity index is 461. The van der Waals surface area contributed by atoms with E-state index < -0.39 is 0 Å². The zero-order chi connectivity index (χ0) is 13.4. The Morgan fingerprint density at radius 1 is 1.10 bits per heavy atom. The molecule has 3 fully saturated rings. The van der Waals surface area contributed by atoms with Crippen molar-refractivity contribution in [2.75, 3.05) is 31.3 Å². The van der Waals surface area contributed by atoms with Gasteiger partial charge in [0.1, 0.15) is 5.82 Å². The summed E-state index contributed by atoms with van der Waals surface area (Å²) < 4.78 is 15.9. The third-order valence-corrected chi connectivity index (χ3v) is 5.51. The summed E-state index contributed by atoms with van der Waals surface area (Å²) in [7, 11) is 0. The number of hydrogen-bond acceptors (Lipinski definition) is 6. The Kier molecular flexibility index (Phi) is 3.62. The SMILES string of the molecule is C1C[C@@H]2OCCN(c3nc(C4CCOCC4)ns3)[C@@H]2C1. The molecule has 0 spiro atoms. The molecule has 0 bridgehead atoms. The molecule has 1 saturated carbocycles. The van der Waals surface area contributed by atoms with Crippen LogP contribution in [0.4, 0.5) is 5.13 Å². The van der Waals surface area contributed by atoms with Crippen LogP contribution in [0.25, 0.3) is 0 Å². The topological polar surface area (TPSA) is 47.5 Å². The van der Waals surface area contributed by atoms with Gasteiger partial charge in [0.2, 0.25) is 5.13 Å². The number of hydrogen-bond donors (Lipinski definition) is 0. The molecule has 1 aromatic heterocycles. The van der Waals surface area contributed by atoms with Gasteiger partial charge >= 0.3 is 0 Å². The Morgan fingerprint density at radius 3 is 2.90 bits per heavy atom. The zero-order valence-corrected chi connectivity index (χ0v) is 12.5. The van der Waals surface area contributed by atoms with Gasteiger partial charge < -0.3 is 14.4 Å². The molecule has 3 heterocycles. The van der Waals surface area contributed by atoms with Gasteiger partial charge in [-0.05, 0) is 32.1 Å². The highest BCUT2D eigenvalue weighted by atomic mass is 32.1. The van der Waals surface area contributed by atoms with Gasteiger partial charge in [-0.25, -0.2) is 4.98 Å². The van der Waals surface area contributed by atoms with Crippen molar-refractivity contribution in [2.45, 2.75) is 50.2 Å². The fraction of sp³-hybridized carbons (Fsp3) is 0.857. The molecule has 0 unspecified atom stereocenters. The molecule has 1 aliphatic carbocycles. The molecular formula is C14H21N3O2S. The van der Waals surface area contributed by atoms with Gasteiger partial charge in [0.05, 0.1) is 18.8 Å². The summed E-state index contributed by atoms with van der Waals surface area (Å²) in [6.07, 6.45) is 6.25. The molecule has 4 rings (SSSR count). The lowest BCUT2D eigenvalue weighted by molar-refractivity contribution is 0.0256. The van der Waals surface area contributed by atoms with E-state index in [-0.39, 0.29) is 0 Å². The molecular weight excluding hydrogens is 274 g/mol. The van der Waals surface area contributed by atoms with E-state index in [1.54, 1.807) is 11.5 Å². The summed E-state index contributed by atoms with van der Waals surface area (Å²) in [4.78, 5) is 7.29. The lowest BCUT2D eigenvalue weighted by atomic mass is 10.00. The van der Waals surface area contributed by atoms with E-state index in [2.05, 4.69) is 9.27 Å². The zero-order valence-electron chi connectivity index (χ0n) is 11.7. The Labute approximate surface area is 123 Å². The molecule has 0 amide bonds. The highest BCUT2D eigenvalue weighted by molar-refractivity contribution is 7.09. The number of ether oxygens (including phenoxy) is 2. The maximum atomic E-state index is 5.87. The normalized spacial score (nSPS) is 31.5. The van der Waals surface area contributed by atoms with E-state index in [1.807, 2.05) is 0 Å². The van der Waals surface area contributed by atoms with Crippen LogP contribution in [-0.4, -0.2) is 47.9 Å². The molecule has 1 aromatic rings. The summed E-state index contributed by atoms with van der Waals surface area (Å²) in [6.45, 7) is 3.49. The Hall–Kier alpha value is -0.720. The van der Waals surface area contributed by atoms with E-state index >= 15 is 0 Å². The van der Waals surface area contributed by atoms with Crippen molar-refractivity contribution >= 4 is 16.7 Å². The third-order valence-electron chi connectivity index (χ3n) is 4.75. The quantitative estimate of drug-likeness (QED) is 0.837. The highest BCUT2D eigenvalue weighted by Crippen LogP contribution is 2.35. The molecule has 0 radical (unpaired) electrons. The van der Waals surface area contributed by atoms with Crippen LogP contribution in [0.15, 0.2) is 0 Å². The van der Waals surface area contributed by atoms with Crippen molar-refractivity contribution in [3.05, 3.63) is 5.82 Å². The molecule has 20 heavy (non-hydrogen) atoms. The van der Waals surface area contributed by atoms with Crippen molar-refractivity contribution in [1.29, 1.82) is 0 Å².